The van der Waals surface area contributed by atoms with Crippen molar-refractivity contribution in [1.29, 1.82) is 0 Å². The number of aliphatic hydroxyl groups is 2. The molecule has 0 saturated heterocycles. The molecule has 1 unspecified atom stereocenters. The van der Waals surface area contributed by atoms with Gasteiger partial charge in [0, 0.05) is 12.8 Å². The molecule has 2 N–H and O–H groups in total. The van der Waals surface area contributed by atoms with Crippen LogP contribution in [0.3, 0.4) is 0 Å². The summed E-state index contributed by atoms with van der Waals surface area (Å²) in [6, 6.07) is 0. The first-order valence-electron chi connectivity index (χ1n) is 22.9. The zero-order chi connectivity index (χ0) is 44.6. The highest BCUT2D eigenvalue weighted by molar-refractivity contribution is 7.45. The molecule has 0 heterocycles. The number of likely N-dealkylation sites (N-methyl/N-ethyl adjacent to an activating group) is 1. The van der Waals surface area contributed by atoms with Crippen molar-refractivity contribution >= 4 is 19.8 Å². The zero-order valence-corrected chi connectivity index (χ0v) is 39.0. The number of esters is 2. The van der Waals surface area contributed by atoms with Crippen molar-refractivity contribution in [3.63, 3.8) is 0 Å². The Labute approximate surface area is 364 Å². The van der Waals surface area contributed by atoms with E-state index in [0.717, 1.165) is 25.7 Å². The van der Waals surface area contributed by atoms with Gasteiger partial charge >= 0.3 is 11.9 Å². The normalized spacial score (nSPS) is 15.3. The fourth-order valence-electron chi connectivity index (χ4n) is 5.81. The summed E-state index contributed by atoms with van der Waals surface area (Å²) in [4.78, 5) is 37.6. The van der Waals surface area contributed by atoms with Crippen LogP contribution in [0.5, 0.6) is 0 Å². The van der Waals surface area contributed by atoms with E-state index in [0.29, 0.717) is 43.1 Å². The quantitative estimate of drug-likeness (QED) is 0.0152. The average Bonchev–Trinajstić information content (AvgIpc) is 3.19. The second-order valence-corrected chi connectivity index (χ2v) is 17.9. The summed E-state index contributed by atoms with van der Waals surface area (Å²) in [5.41, 5.74) is 0. The summed E-state index contributed by atoms with van der Waals surface area (Å²) in [5.74, 6) is -1.02. The molecule has 0 aromatic heterocycles. The molecule has 0 amide bonds. The van der Waals surface area contributed by atoms with E-state index in [1.807, 2.05) is 63.7 Å². The molecule has 346 valence electrons. The molecular formula is C48H84NO10P. The van der Waals surface area contributed by atoms with Crippen LogP contribution in [0.15, 0.2) is 72.9 Å². The van der Waals surface area contributed by atoms with Gasteiger partial charge < -0.3 is 38.1 Å². The minimum absolute atomic E-state index is 0.0661. The lowest BCUT2D eigenvalue weighted by Crippen LogP contribution is -2.37. The molecule has 0 saturated carbocycles. The van der Waals surface area contributed by atoms with E-state index in [9.17, 15) is 29.3 Å². The van der Waals surface area contributed by atoms with E-state index in [-0.39, 0.29) is 26.1 Å². The Balaban J connectivity index is 4.58. The molecule has 11 nitrogen and oxygen atoms in total. The Bertz CT molecular complexity index is 1290. The lowest BCUT2D eigenvalue weighted by atomic mass is 10.0. The van der Waals surface area contributed by atoms with Gasteiger partial charge in [0.2, 0.25) is 0 Å². The lowest BCUT2D eigenvalue weighted by Gasteiger charge is -2.28. The molecule has 0 aliphatic heterocycles. The van der Waals surface area contributed by atoms with Gasteiger partial charge in [-0.2, -0.15) is 0 Å². The fourth-order valence-corrected chi connectivity index (χ4v) is 6.53. The zero-order valence-electron chi connectivity index (χ0n) is 38.1. The SMILES string of the molecule is CC/C=C\C[C@@H](O)/C=C/C=C\C/C=C\C=C\[C@@H](O)/C=C\CCCC(=O)OC[C@H](COP(=O)([O-])OCC[N+](C)(C)C)OC(=O)CCCCCCCCCCCCCCCCC. The molecule has 0 bridgehead atoms. The minimum Gasteiger partial charge on any atom is -0.756 e. The second-order valence-electron chi connectivity index (χ2n) is 16.4. The highest BCUT2D eigenvalue weighted by Gasteiger charge is 2.21. The van der Waals surface area contributed by atoms with Crippen molar-refractivity contribution in [2.45, 2.75) is 173 Å². The molecule has 0 spiro atoms. The third-order valence-electron chi connectivity index (χ3n) is 9.42. The van der Waals surface area contributed by atoms with Gasteiger partial charge in [-0.1, -0.05) is 177 Å². The number of unbranched alkanes of at least 4 members (excludes halogenated alkanes) is 15. The van der Waals surface area contributed by atoms with Crippen molar-refractivity contribution in [2.75, 3.05) is 47.5 Å². The predicted molar refractivity (Wildman–Crippen MR) is 243 cm³/mol. The number of rotatable bonds is 40. The van der Waals surface area contributed by atoms with Crippen LogP contribution < -0.4 is 4.89 Å². The molecule has 0 fully saturated rings. The molecule has 60 heavy (non-hydrogen) atoms. The molecule has 0 radical (unpaired) electrons. The maximum absolute atomic E-state index is 12.7. The smallest absolute Gasteiger partial charge is 0.306 e. The summed E-state index contributed by atoms with van der Waals surface area (Å²) in [6.07, 6.45) is 41.5. The van der Waals surface area contributed by atoms with E-state index < -0.39 is 44.7 Å². The highest BCUT2D eigenvalue weighted by atomic mass is 31.2. The maximum Gasteiger partial charge on any atom is 0.306 e. The van der Waals surface area contributed by atoms with Crippen molar-refractivity contribution < 1.29 is 52.3 Å². The first kappa shape index (κ1) is 57.4. The van der Waals surface area contributed by atoms with Crippen LogP contribution in [0, 0.1) is 0 Å². The van der Waals surface area contributed by atoms with Crippen molar-refractivity contribution in [1.82, 2.24) is 0 Å². The molecule has 0 aliphatic carbocycles. The van der Waals surface area contributed by atoms with Gasteiger partial charge in [-0.25, -0.2) is 0 Å². The number of hydrogen-bond donors (Lipinski definition) is 2. The van der Waals surface area contributed by atoms with Gasteiger partial charge in [-0.3, -0.25) is 14.2 Å². The lowest BCUT2D eigenvalue weighted by molar-refractivity contribution is -0.870. The number of nitrogens with zero attached hydrogens (tertiary/aromatic N) is 1. The minimum atomic E-state index is -4.68. The van der Waals surface area contributed by atoms with Crippen LogP contribution in [-0.4, -0.2) is 92.5 Å². The van der Waals surface area contributed by atoms with E-state index in [1.165, 1.54) is 70.6 Å². The number of carbonyl (C=O) groups is 2. The number of quaternary nitrogens is 1. The molecular weight excluding hydrogens is 781 g/mol. The first-order chi connectivity index (χ1) is 28.8. The van der Waals surface area contributed by atoms with Gasteiger partial charge in [0.05, 0.1) is 40.0 Å². The van der Waals surface area contributed by atoms with Crippen molar-refractivity contribution in [2.24, 2.45) is 0 Å². The Hall–Kier alpha value is -2.63. The highest BCUT2D eigenvalue weighted by Crippen LogP contribution is 2.38. The number of hydrogen-bond acceptors (Lipinski definition) is 10. The fraction of sp³-hybridized carbons (Fsp3) is 0.708. The third-order valence-corrected chi connectivity index (χ3v) is 10.4. The molecule has 0 aromatic carbocycles. The molecule has 0 aliphatic rings. The largest absolute Gasteiger partial charge is 0.756 e. The van der Waals surface area contributed by atoms with Crippen LogP contribution in [-0.2, 0) is 32.7 Å². The van der Waals surface area contributed by atoms with Crippen LogP contribution in [0.4, 0.5) is 0 Å². The van der Waals surface area contributed by atoms with Crippen molar-refractivity contribution in [3.8, 4) is 0 Å². The number of phosphoric acid groups is 1. The summed E-state index contributed by atoms with van der Waals surface area (Å²) >= 11 is 0. The topological polar surface area (TPSA) is 152 Å². The van der Waals surface area contributed by atoms with Crippen LogP contribution in [0.1, 0.15) is 155 Å². The number of allylic oxidation sites excluding steroid dienone is 8. The summed E-state index contributed by atoms with van der Waals surface area (Å²) < 4.78 is 33.8. The Morgan fingerprint density at radius 2 is 1.22 bits per heavy atom. The van der Waals surface area contributed by atoms with Crippen LogP contribution in [0.25, 0.3) is 0 Å². The second kappa shape index (κ2) is 39.2. The van der Waals surface area contributed by atoms with E-state index in [2.05, 4.69) is 13.8 Å². The number of aliphatic hydroxyl groups excluding tert-OH is 2. The van der Waals surface area contributed by atoms with Gasteiger partial charge in [-0.15, -0.1) is 0 Å². The number of carbonyl (C=O) groups excluding carboxylic acids is 2. The summed E-state index contributed by atoms with van der Waals surface area (Å²) in [5, 5.41) is 20.0. The predicted octanol–water partition coefficient (Wildman–Crippen LogP) is 10.3. The Morgan fingerprint density at radius 3 is 1.80 bits per heavy atom. The van der Waals surface area contributed by atoms with Gasteiger partial charge in [0.25, 0.3) is 7.82 Å². The van der Waals surface area contributed by atoms with Gasteiger partial charge in [-0.05, 0) is 38.5 Å². The molecule has 0 aromatic rings. The van der Waals surface area contributed by atoms with Gasteiger partial charge in [0.1, 0.15) is 19.8 Å². The summed E-state index contributed by atoms with van der Waals surface area (Å²) in [7, 11) is 1.05. The number of phosphoric ester groups is 1. The Kier molecular flexibility index (Phi) is 37.5. The monoisotopic (exact) mass is 866 g/mol. The number of ether oxygens (including phenoxy) is 2. The molecule has 12 heteroatoms. The molecule has 4 atom stereocenters. The molecule has 0 rings (SSSR count). The van der Waals surface area contributed by atoms with E-state index in [4.69, 9.17) is 18.5 Å². The van der Waals surface area contributed by atoms with Crippen molar-refractivity contribution in [3.05, 3.63) is 72.9 Å². The van der Waals surface area contributed by atoms with Crippen LogP contribution in [0.2, 0.25) is 0 Å². The average molecular weight is 866 g/mol. The third kappa shape index (κ3) is 42.1. The van der Waals surface area contributed by atoms with Crippen LogP contribution >= 0.6 is 7.82 Å². The van der Waals surface area contributed by atoms with Gasteiger partial charge in [0.15, 0.2) is 6.10 Å². The maximum atomic E-state index is 12.7. The van der Waals surface area contributed by atoms with E-state index in [1.54, 1.807) is 30.4 Å². The summed E-state index contributed by atoms with van der Waals surface area (Å²) in [6.45, 7) is 3.81. The van der Waals surface area contributed by atoms with E-state index >= 15 is 0 Å². The standard InChI is InChI=1S/C48H84NO10P/c1-6-8-10-11-12-13-14-15-16-17-18-19-23-26-32-39-48(53)59-46(43-58-60(54,55)57-41-40-49(3,4)5)42-56-47(52)38-33-27-31-37-45(51)36-30-25-22-20-21-24-29-35-44(50)34-28-9-7-2/h9,21-22,24-25,28-31,35-37,44-46,50-51H,6-8,10-20,23,26-27,32-34,38-43H2,1-5H3/b24-21-,25-22-,28-9-,35-29+,36-30+,37-31-/t44-,45-,46-/m1/s1. The first-order valence-corrected chi connectivity index (χ1v) is 24.3. The Morgan fingerprint density at radius 1 is 0.650 bits per heavy atom.